The fourth-order valence-electron chi connectivity index (χ4n) is 2.87. The highest BCUT2D eigenvalue weighted by Crippen LogP contribution is 2.32. The Hall–Kier alpha value is -3.08. The van der Waals surface area contributed by atoms with Crippen molar-refractivity contribution in [2.75, 3.05) is 5.32 Å². The Kier molecular flexibility index (Phi) is 4.57. The molecule has 0 aliphatic rings. The molecule has 1 heterocycles. The van der Waals surface area contributed by atoms with Crippen molar-refractivity contribution in [3.05, 3.63) is 64.8 Å². The number of amides is 1. The van der Waals surface area contributed by atoms with Crippen LogP contribution in [-0.2, 0) is 6.42 Å². The van der Waals surface area contributed by atoms with E-state index in [-0.39, 0.29) is 11.7 Å². The lowest BCUT2D eigenvalue weighted by Gasteiger charge is -2.07. The maximum atomic E-state index is 12.4. The number of aromatic nitrogens is 2. The summed E-state index contributed by atoms with van der Waals surface area (Å²) in [5, 5.41) is 20.0. The first-order valence-corrected chi connectivity index (χ1v) is 8.24. The Morgan fingerprint density at radius 2 is 1.88 bits per heavy atom. The minimum atomic E-state index is -0.271. The number of H-pyrrole nitrogens is 1. The predicted octanol–water partition coefficient (Wildman–Crippen LogP) is 4.21. The van der Waals surface area contributed by atoms with Crippen LogP contribution in [0, 0.1) is 13.8 Å². The number of nitrogens with one attached hydrogen (secondary N) is 2. The molecule has 1 aromatic heterocycles. The zero-order valence-corrected chi connectivity index (χ0v) is 14.6. The summed E-state index contributed by atoms with van der Waals surface area (Å²) in [4.78, 5) is 12.4. The average molecular weight is 335 g/mol. The summed E-state index contributed by atoms with van der Waals surface area (Å²) in [6.45, 7) is 5.91. The van der Waals surface area contributed by atoms with Gasteiger partial charge in [0.05, 0.1) is 5.69 Å². The van der Waals surface area contributed by atoms with Gasteiger partial charge in [-0.05, 0) is 61.2 Å². The molecule has 2 aromatic carbocycles. The van der Waals surface area contributed by atoms with Gasteiger partial charge in [-0.3, -0.25) is 9.89 Å². The van der Waals surface area contributed by atoms with Gasteiger partial charge in [-0.25, -0.2) is 0 Å². The summed E-state index contributed by atoms with van der Waals surface area (Å²) in [5.41, 5.74) is 5.34. The van der Waals surface area contributed by atoms with Gasteiger partial charge in [0, 0.05) is 11.3 Å². The third kappa shape index (κ3) is 3.55. The number of hydrogen-bond donors (Lipinski definition) is 3. The number of rotatable bonds is 4. The van der Waals surface area contributed by atoms with Crippen molar-refractivity contribution >= 4 is 11.6 Å². The molecule has 0 aliphatic carbocycles. The standard InChI is InChI=1S/C20H21N3O2/c1-4-14-5-7-15(8-6-14)21-20(25)17-11-16(22-23-17)19-13(3)9-12(2)10-18(19)24/h5-11,24H,4H2,1-3H3,(H,21,25)(H,22,23). The second-order valence-corrected chi connectivity index (χ2v) is 6.15. The molecule has 0 aliphatic heterocycles. The molecule has 0 saturated heterocycles. The highest BCUT2D eigenvalue weighted by molar-refractivity contribution is 6.03. The van der Waals surface area contributed by atoms with E-state index < -0.39 is 0 Å². The Morgan fingerprint density at radius 3 is 2.52 bits per heavy atom. The number of anilines is 1. The van der Waals surface area contributed by atoms with Crippen LogP contribution in [0.3, 0.4) is 0 Å². The van der Waals surface area contributed by atoms with Gasteiger partial charge >= 0.3 is 0 Å². The average Bonchev–Trinajstić information content (AvgIpc) is 3.04. The van der Waals surface area contributed by atoms with Crippen molar-refractivity contribution in [1.29, 1.82) is 0 Å². The zero-order valence-electron chi connectivity index (χ0n) is 14.6. The number of carbonyl (C=O) groups excluding carboxylic acids is 1. The summed E-state index contributed by atoms with van der Waals surface area (Å²) >= 11 is 0. The number of carbonyl (C=O) groups is 1. The molecule has 5 nitrogen and oxygen atoms in total. The number of aromatic hydroxyl groups is 1. The van der Waals surface area contributed by atoms with Crippen LogP contribution in [-0.4, -0.2) is 21.2 Å². The number of aromatic amines is 1. The maximum absolute atomic E-state index is 12.4. The van der Waals surface area contributed by atoms with Crippen molar-refractivity contribution < 1.29 is 9.90 Å². The number of hydrogen-bond acceptors (Lipinski definition) is 3. The summed E-state index contributed by atoms with van der Waals surface area (Å²) < 4.78 is 0. The molecule has 3 aromatic rings. The second-order valence-electron chi connectivity index (χ2n) is 6.15. The molecule has 3 rings (SSSR count). The third-order valence-corrected chi connectivity index (χ3v) is 4.16. The van der Waals surface area contributed by atoms with Crippen molar-refractivity contribution in [3.8, 4) is 17.0 Å². The van der Waals surface area contributed by atoms with Crippen LogP contribution >= 0.6 is 0 Å². The highest BCUT2D eigenvalue weighted by Gasteiger charge is 2.15. The van der Waals surface area contributed by atoms with E-state index in [1.807, 2.05) is 44.2 Å². The molecular formula is C20H21N3O2. The van der Waals surface area contributed by atoms with Gasteiger partial charge in [0.2, 0.25) is 0 Å². The Bertz CT molecular complexity index is 888. The fourth-order valence-corrected chi connectivity index (χ4v) is 2.87. The highest BCUT2D eigenvalue weighted by atomic mass is 16.3. The van der Waals surface area contributed by atoms with E-state index in [1.54, 1.807) is 12.1 Å². The monoisotopic (exact) mass is 335 g/mol. The Labute approximate surface area is 146 Å². The Balaban J connectivity index is 1.82. The molecule has 0 atom stereocenters. The van der Waals surface area contributed by atoms with E-state index in [9.17, 15) is 9.90 Å². The van der Waals surface area contributed by atoms with E-state index in [4.69, 9.17) is 0 Å². The SMILES string of the molecule is CCc1ccc(NC(=O)c2cc(-c3c(C)cc(C)cc3O)n[nH]2)cc1. The normalized spacial score (nSPS) is 10.7. The van der Waals surface area contributed by atoms with Gasteiger partial charge in [0.15, 0.2) is 0 Å². The van der Waals surface area contributed by atoms with E-state index in [2.05, 4.69) is 22.4 Å². The van der Waals surface area contributed by atoms with Crippen LogP contribution in [0.5, 0.6) is 5.75 Å². The molecular weight excluding hydrogens is 314 g/mol. The lowest BCUT2D eigenvalue weighted by Crippen LogP contribution is -2.12. The molecule has 1 amide bonds. The molecule has 128 valence electrons. The zero-order chi connectivity index (χ0) is 18.0. The smallest absolute Gasteiger partial charge is 0.273 e. The molecule has 0 saturated carbocycles. The first-order chi connectivity index (χ1) is 12.0. The minimum Gasteiger partial charge on any atom is -0.507 e. The molecule has 5 heteroatoms. The van der Waals surface area contributed by atoms with Crippen LogP contribution in [0.15, 0.2) is 42.5 Å². The van der Waals surface area contributed by atoms with Gasteiger partial charge in [-0.2, -0.15) is 5.10 Å². The van der Waals surface area contributed by atoms with Crippen molar-refractivity contribution in [1.82, 2.24) is 10.2 Å². The molecule has 0 unspecified atom stereocenters. The van der Waals surface area contributed by atoms with Gasteiger partial charge in [-0.15, -0.1) is 0 Å². The lowest BCUT2D eigenvalue weighted by atomic mass is 10.0. The largest absolute Gasteiger partial charge is 0.507 e. The van der Waals surface area contributed by atoms with Crippen molar-refractivity contribution in [2.45, 2.75) is 27.2 Å². The first-order valence-electron chi connectivity index (χ1n) is 8.24. The molecule has 0 spiro atoms. The summed E-state index contributed by atoms with van der Waals surface area (Å²) in [5.74, 6) is -0.113. The topological polar surface area (TPSA) is 78.0 Å². The van der Waals surface area contributed by atoms with Crippen molar-refractivity contribution in [2.24, 2.45) is 0 Å². The van der Waals surface area contributed by atoms with Crippen LogP contribution in [0.4, 0.5) is 5.69 Å². The maximum Gasteiger partial charge on any atom is 0.273 e. The predicted molar refractivity (Wildman–Crippen MR) is 98.9 cm³/mol. The molecule has 0 fully saturated rings. The molecule has 0 radical (unpaired) electrons. The van der Waals surface area contributed by atoms with E-state index in [0.717, 1.165) is 23.2 Å². The van der Waals surface area contributed by atoms with Gasteiger partial charge in [0.25, 0.3) is 5.91 Å². The van der Waals surface area contributed by atoms with Crippen LogP contribution < -0.4 is 5.32 Å². The van der Waals surface area contributed by atoms with Gasteiger partial charge < -0.3 is 10.4 Å². The molecule has 3 N–H and O–H groups in total. The summed E-state index contributed by atoms with van der Waals surface area (Å²) in [6, 6.07) is 13.0. The number of benzene rings is 2. The van der Waals surface area contributed by atoms with E-state index >= 15 is 0 Å². The number of phenolic OH excluding ortho intramolecular Hbond substituents is 1. The minimum absolute atomic E-state index is 0.158. The third-order valence-electron chi connectivity index (χ3n) is 4.16. The van der Waals surface area contributed by atoms with E-state index in [0.29, 0.717) is 17.0 Å². The van der Waals surface area contributed by atoms with Crippen LogP contribution in [0.2, 0.25) is 0 Å². The second kappa shape index (κ2) is 6.81. The molecule has 0 bridgehead atoms. The molecule has 25 heavy (non-hydrogen) atoms. The number of aryl methyl sites for hydroxylation is 3. The number of nitrogens with zero attached hydrogens (tertiary/aromatic N) is 1. The van der Waals surface area contributed by atoms with Gasteiger partial charge in [-0.1, -0.05) is 25.1 Å². The van der Waals surface area contributed by atoms with Crippen molar-refractivity contribution in [3.63, 3.8) is 0 Å². The fraction of sp³-hybridized carbons (Fsp3) is 0.200. The number of phenols is 1. The van der Waals surface area contributed by atoms with E-state index in [1.165, 1.54) is 5.56 Å². The Morgan fingerprint density at radius 1 is 1.16 bits per heavy atom. The van der Waals surface area contributed by atoms with Crippen LogP contribution in [0.25, 0.3) is 11.3 Å². The van der Waals surface area contributed by atoms with Gasteiger partial charge in [0.1, 0.15) is 11.4 Å². The van der Waals surface area contributed by atoms with Crippen LogP contribution in [0.1, 0.15) is 34.1 Å². The summed E-state index contributed by atoms with van der Waals surface area (Å²) in [7, 11) is 0. The lowest BCUT2D eigenvalue weighted by molar-refractivity contribution is 0.102. The first kappa shape index (κ1) is 16.8. The summed E-state index contributed by atoms with van der Waals surface area (Å²) in [6.07, 6.45) is 0.956. The quantitative estimate of drug-likeness (QED) is 0.668.